The SMILES string of the molecule is CCC(COC)(NC(=O)OCC1c2ccccc2-c2ccccc21)C(=O)NCCC(O)C(=O)O. The number of carbonyl (C=O) groups is 3. The summed E-state index contributed by atoms with van der Waals surface area (Å²) in [5.41, 5.74) is 2.95. The highest BCUT2D eigenvalue weighted by atomic mass is 16.5. The molecule has 3 rings (SSSR count). The lowest BCUT2D eigenvalue weighted by molar-refractivity contribution is -0.147. The number of ether oxygens (including phenoxy) is 2. The predicted octanol–water partition coefficient (Wildman–Crippen LogP) is 2.27. The number of hydrogen-bond acceptors (Lipinski definition) is 6. The van der Waals surface area contributed by atoms with E-state index >= 15 is 0 Å². The van der Waals surface area contributed by atoms with E-state index in [0.717, 1.165) is 22.3 Å². The molecule has 182 valence electrons. The minimum absolute atomic E-state index is 0.0792. The van der Waals surface area contributed by atoms with Crippen LogP contribution in [0.4, 0.5) is 4.79 Å². The summed E-state index contributed by atoms with van der Waals surface area (Å²) in [4.78, 5) is 36.4. The van der Waals surface area contributed by atoms with Crippen molar-refractivity contribution in [2.75, 3.05) is 26.9 Å². The first kappa shape index (κ1) is 25.2. The molecule has 0 aromatic heterocycles. The normalized spacial score (nSPS) is 14.9. The highest BCUT2D eigenvalue weighted by Gasteiger charge is 2.39. The van der Waals surface area contributed by atoms with Crippen LogP contribution in [0.25, 0.3) is 11.1 Å². The number of amides is 2. The molecule has 2 amide bonds. The Morgan fingerprint density at radius 1 is 1.06 bits per heavy atom. The molecule has 0 saturated heterocycles. The molecule has 0 fully saturated rings. The van der Waals surface area contributed by atoms with Crippen LogP contribution in [-0.2, 0) is 19.1 Å². The maximum Gasteiger partial charge on any atom is 0.408 e. The van der Waals surface area contributed by atoms with Gasteiger partial charge in [-0.2, -0.15) is 0 Å². The van der Waals surface area contributed by atoms with Crippen LogP contribution in [0.1, 0.15) is 36.8 Å². The van der Waals surface area contributed by atoms with Crippen molar-refractivity contribution in [2.24, 2.45) is 0 Å². The zero-order chi connectivity index (χ0) is 24.7. The van der Waals surface area contributed by atoms with Crippen LogP contribution in [0, 0.1) is 0 Å². The Labute approximate surface area is 198 Å². The molecule has 9 nitrogen and oxygen atoms in total. The fourth-order valence-electron chi connectivity index (χ4n) is 4.20. The number of carbonyl (C=O) groups excluding carboxylic acids is 2. The van der Waals surface area contributed by atoms with Crippen LogP contribution < -0.4 is 10.6 Å². The van der Waals surface area contributed by atoms with E-state index in [1.807, 2.05) is 48.5 Å². The first-order chi connectivity index (χ1) is 16.3. The number of aliphatic carboxylic acids is 1. The quantitative estimate of drug-likeness (QED) is 0.396. The van der Waals surface area contributed by atoms with Gasteiger partial charge in [-0.25, -0.2) is 9.59 Å². The molecule has 2 aromatic rings. The number of alkyl carbamates (subject to hydrolysis) is 1. The number of methoxy groups -OCH3 is 1. The van der Waals surface area contributed by atoms with Crippen molar-refractivity contribution >= 4 is 18.0 Å². The highest BCUT2D eigenvalue weighted by molar-refractivity contribution is 5.90. The van der Waals surface area contributed by atoms with Crippen LogP contribution in [0.5, 0.6) is 0 Å². The number of carboxylic acids is 1. The molecular weight excluding hydrogens is 440 g/mol. The zero-order valence-electron chi connectivity index (χ0n) is 19.2. The van der Waals surface area contributed by atoms with Gasteiger partial charge >= 0.3 is 12.1 Å². The average molecular weight is 471 g/mol. The van der Waals surface area contributed by atoms with Gasteiger partial charge in [0.15, 0.2) is 6.10 Å². The van der Waals surface area contributed by atoms with Crippen LogP contribution in [0.2, 0.25) is 0 Å². The van der Waals surface area contributed by atoms with Gasteiger partial charge in [0, 0.05) is 26.0 Å². The number of benzene rings is 2. The van der Waals surface area contributed by atoms with Crippen molar-refractivity contribution in [3.63, 3.8) is 0 Å². The summed E-state index contributed by atoms with van der Waals surface area (Å²) in [6, 6.07) is 16.0. The van der Waals surface area contributed by atoms with Gasteiger partial charge in [0.25, 0.3) is 0 Å². The topological polar surface area (TPSA) is 134 Å². The summed E-state index contributed by atoms with van der Waals surface area (Å²) in [7, 11) is 1.41. The lowest BCUT2D eigenvalue weighted by Crippen LogP contribution is -2.61. The molecule has 2 atom stereocenters. The number of nitrogens with one attached hydrogen (secondary N) is 2. The molecule has 4 N–H and O–H groups in total. The Balaban J connectivity index is 1.66. The van der Waals surface area contributed by atoms with E-state index in [1.54, 1.807) is 6.92 Å². The molecule has 0 heterocycles. The third kappa shape index (κ3) is 5.37. The monoisotopic (exact) mass is 470 g/mol. The van der Waals surface area contributed by atoms with E-state index in [0.29, 0.717) is 0 Å². The van der Waals surface area contributed by atoms with Crippen LogP contribution >= 0.6 is 0 Å². The van der Waals surface area contributed by atoms with Gasteiger partial charge in [0.1, 0.15) is 12.1 Å². The maximum absolute atomic E-state index is 12.9. The summed E-state index contributed by atoms with van der Waals surface area (Å²) in [5, 5.41) is 23.4. The van der Waals surface area contributed by atoms with Crippen molar-refractivity contribution < 1.29 is 34.1 Å². The van der Waals surface area contributed by atoms with Crippen molar-refractivity contribution in [2.45, 2.75) is 37.3 Å². The molecule has 0 radical (unpaired) electrons. The Morgan fingerprint density at radius 2 is 1.65 bits per heavy atom. The Bertz CT molecular complexity index is 996. The van der Waals surface area contributed by atoms with Crippen molar-refractivity contribution in [1.29, 1.82) is 0 Å². The number of aliphatic hydroxyl groups is 1. The van der Waals surface area contributed by atoms with E-state index in [4.69, 9.17) is 14.6 Å². The second-order valence-electron chi connectivity index (χ2n) is 8.22. The Hall–Kier alpha value is -3.43. The summed E-state index contributed by atoms with van der Waals surface area (Å²) >= 11 is 0. The van der Waals surface area contributed by atoms with Gasteiger partial charge in [-0.3, -0.25) is 4.79 Å². The fraction of sp³-hybridized carbons (Fsp3) is 0.400. The first-order valence-corrected chi connectivity index (χ1v) is 11.1. The Kier molecular flexibility index (Phi) is 8.25. The van der Waals surface area contributed by atoms with Gasteiger partial charge in [-0.1, -0.05) is 55.5 Å². The molecule has 2 aromatic carbocycles. The lowest BCUT2D eigenvalue weighted by Gasteiger charge is -2.31. The minimum atomic E-state index is -1.59. The number of carboxylic acid groups (broad SMARTS) is 1. The second kappa shape index (κ2) is 11.1. The second-order valence-corrected chi connectivity index (χ2v) is 8.22. The summed E-state index contributed by atoms with van der Waals surface area (Å²) in [5.74, 6) is -2.05. The van der Waals surface area contributed by atoms with E-state index in [2.05, 4.69) is 10.6 Å². The zero-order valence-corrected chi connectivity index (χ0v) is 19.2. The molecule has 1 aliphatic carbocycles. The molecule has 1 aliphatic rings. The Morgan fingerprint density at radius 3 is 2.18 bits per heavy atom. The fourth-order valence-corrected chi connectivity index (χ4v) is 4.20. The third-order valence-corrected chi connectivity index (χ3v) is 6.10. The molecular formula is C25H30N2O7. The van der Waals surface area contributed by atoms with Gasteiger partial charge in [-0.05, 0) is 28.7 Å². The minimum Gasteiger partial charge on any atom is -0.479 e. The van der Waals surface area contributed by atoms with Crippen LogP contribution in [-0.4, -0.2) is 66.7 Å². The number of aliphatic hydroxyl groups excluding tert-OH is 1. The molecule has 0 aliphatic heterocycles. The van der Waals surface area contributed by atoms with Crippen molar-refractivity contribution in [3.05, 3.63) is 59.7 Å². The highest BCUT2D eigenvalue weighted by Crippen LogP contribution is 2.44. The van der Waals surface area contributed by atoms with E-state index < -0.39 is 29.6 Å². The lowest BCUT2D eigenvalue weighted by atomic mass is 9.96. The van der Waals surface area contributed by atoms with Crippen molar-refractivity contribution in [1.82, 2.24) is 10.6 Å². The smallest absolute Gasteiger partial charge is 0.408 e. The van der Waals surface area contributed by atoms with Crippen LogP contribution in [0.15, 0.2) is 48.5 Å². The molecule has 2 unspecified atom stereocenters. The van der Waals surface area contributed by atoms with Gasteiger partial charge in [0.05, 0.1) is 6.61 Å². The molecule has 9 heteroatoms. The number of rotatable bonds is 11. The van der Waals surface area contributed by atoms with Gasteiger partial charge < -0.3 is 30.3 Å². The van der Waals surface area contributed by atoms with Crippen molar-refractivity contribution in [3.8, 4) is 11.1 Å². The standard InChI is InChI=1S/C25H30N2O7/c1-3-25(15-33-2,23(31)26-13-12-21(28)22(29)30)27-24(32)34-14-20-18-10-6-4-8-16(18)17-9-5-7-11-19(17)20/h4-11,20-21,28H,3,12-15H2,1-2H3,(H,26,31)(H,27,32)(H,29,30). The summed E-state index contributed by atoms with van der Waals surface area (Å²) in [6.07, 6.45) is -2.31. The largest absolute Gasteiger partial charge is 0.479 e. The van der Waals surface area contributed by atoms with E-state index in [1.165, 1.54) is 7.11 Å². The molecule has 34 heavy (non-hydrogen) atoms. The van der Waals surface area contributed by atoms with E-state index in [-0.39, 0.29) is 38.5 Å². The summed E-state index contributed by atoms with van der Waals surface area (Å²) in [6.45, 7) is 1.62. The van der Waals surface area contributed by atoms with Crippen LogP contribution in [0.3, 0.4) is 0 Å². The van der Waals surface area contributed by atoms with Gasteiger partial charge in [0.2, 0.25) is 5.91 Å². The third-order valence-electron chi connectivity index (χ3n) is 6.10. The van der Waals surface area contributed by atoms with E-state index in [9.17, 15) is 19.5 Å². The average Bonchev–Trinajstić information content (AvgIpc) is 3.15. The maximum atomic E-state index is 12.9. The number of fused-ring (bicyclic) bond motifs is 3. The molecule has 0 saturated carbocycles. The van der Waals surface area contributed by atoms with Gasteiger partial charge in [-0.15, -0.1) is 0 Å². The first-order valence-electron chi connectivity index (χ1n) is 11.1. The molecule has 0 spiro atoms. The summed E-state index contributed by atoms with van der Waals surface area (Å²) < 4.78 is 10.7. The molecule has 0 bridgehead atoms. The number of hydrogen-bond donors (Lipinski definition) is 4. The predicted molar refractivity (Wildman–Crippen MR) is 124 cm³/mol.